The third-order valence-corrected chi connectivity index (χ3v) is 2.38. The first-order chi connectivity index (χ1) is 8.08. The molecule has 0 aliphatic carbocycles. The number of benzene rings is 1. The van der Waals surface area contributed by atoms with Crippen molar-refractivity contribution < 1.29 is 4.92 Å². The molecule has 0 fully saturated rings. The maximum Gasteiger partial charge on any atom is 0.292 e. The summed E-state index contributed by atoms with van der Waals surface area (Å²) in [6, 6.07) is 6.53. The predicted octanol–water partition coefficient (Wildman–Crippen LogP) is 2.38. The van der Waals surface area contributed by atoms with Crippen LogP contribution in [0.3, 0.4) is 0 Å². The molecule has 2 rings (SSSR count). The van der Waals surface area contributed by atoms with Crippen molar-refractivity contribution in [2.45, 2.75) is 6.92 Å². The van der Waals surface area contributed by atoms with Gasteiger partial charge in [-0.25, -0.2) is 0 Å². The summed E-state index contributed by atoms with van der Waals surface area (Å²) >= 11 is 0. The highest BCUT2D eigenvalue weighted by Crippen LogP contribution is 2.27. The first kappa shape index (κ1) is 11.1. The maximum absolute atomic E-state index is 10.8. The fourth-order valence-corrected chi connectivity index (χ4v) is 1.61. The number of aromatic nitrogens is 2. The summed E-state index contributed by atoms with van der Waals surface area (Å²) in [7, 11) is 1.80. The van der Waals surface area contributed by atoms with Crippen LogP contribution in [0.15, 0.2) is 30.5 Å². The number of hydrogen-bond acceptors (Lipinski definition) is 4. The summed E-state index contributed by atoms with van der Waals surface area (Å²) in [6.45, 7) is 1.84. The Balaban J connectivity index is 2.36. The molecule has 0 radical (unpaired) electrons. The summed E-state index contributed by atoms with van der Waals surface area (Å²) < 4.78 is 1.66. The molecule has 0 saturated carbocycles. The number of nitrogens with one attached hydrogen (secondary N) is 1. The smallest absolute Gasteiger partial charge is 0.292 e. The zero-order valence-corrected chi connectivity index (χ0v) is 9.54. The molecule has 0 aliphatic heterocycles. The van der Waals surface area contributed by atoms with E-state index in [0.717, 1.165) is 11.4 Å². The topological polar surface area (TPSA) is 73.0 Å². The summed E-state index contributed by atoms with van der Waals surface area (Å²) in [5, 5.41) is 18.0. The molecule has 1 N–H and O–H groups in total. The maximum atomic E-state index is 10.8. The van der Waals surface area contributed by atoms with E-state index in [1.165, 1.54) is 6.07 Å². The second-order valence-corrected chi connectivity index (χ2v) is 3.70. The van der Waals surface area contributed by atoms with Gasteiger partial charge >= 0.3 is 0 Å². The van der Waals surface area contributed by atoms with E-state index in [2.05, 4.69) is 10.4 Å². The van der Waals surface area contributed by atoms with Gasteiger partial charge in [-0.15, -0.1) is 0 Å². The highest BCUT2D eigenvalue weighted by molar-refractivity contribution is 5.69. The van der Waals surface area contributed by atoms with Crippen LogP contribution in [0.25, 0.3) is 0 Å². The second-order valence-electron chi connectivity index (χ2n) is 3.70. The number of hydrogen-bond donors (Lipinski definition) is 1. The van der Waals surface area contributed by atoms with Gasteiger partial charge in [-0.3, -0.25) is 14.8 Å². The molecule has 17 heavy (non-hydrogen) atoms. The van der Waals surface area contributed by atoms with Gasteiger partial charge in [0.05, 0.1) is 16.3 Å². The molecule has 2 aromatic rings. The molecule has 0 atom stereocenters. The molecule has 0 amide bonds. The highest BCUT2D eigenvalue weighted by atomic mass is 16.6. The van der Waals surface area contributed by atoms with Crippen LogP contribution in [0.4, 0.5) is 17.1 Å². The third-order valence-electron chi connectivity index (χ3n) is 2.38. The number of rotatable bonds is 3. The molecule has 0 unspecified atom stereocenters. The Morgan fingerprint density at radius 1 is 1.35 bits per heavy atom. The molecule has 0 bridgehead atoms. The van der Waals surface area contributed by atoms with Crippen molar-refractivity contribution >= 4 is 17.1 Å². The fourth-order valence-electron chi connectivity index (χ4n) is 1.61. The van der Waals surface area contributed by atoms with Crippen molar-refractivity contribution in [2.24, 2.45) is 7.05 Å². The van der Waals surface area contributed by atoms with Crippen LogP contribution in [-0.2, 0) is 7.05 Å². The fraction of sp³-hybridized carbons (Fsp3) is 0.182. The average Bonchev–Trinajstić information content (AvgIpc) is 2.58. The summed E-state index contributed by atoms with van der Waals surface area (Å²) in [4.78, 5) is 10.4. The van der Waals surface area contributed by atoms with Gasteiger partial charge in [-0.2, -0.15) is 5.10 Å². The zero-order chi connectivity index (χ0) is 12.4. The lowest BCUT2D eigenvalue weighted by Gasteiger charge is -2.04. The number of anilines is 2. The number of nitro groups is 1. The van der Waals surface area contributed by atoms with E-state index in [0.29, 0.717) is 5.69 Å². The van der Waals surface area contributed by atoms with Gasteiger partial charge in [0.15, 0.2) is 0 Å². The van der Waals surface area contributed by atoms with Crippen LogP contribution in [0, 0.1) is 17.0 Å². The van der Waals surface area contributed by atoms with Gasteiger partial charge in [0.1, 0.15) is 5.69 Å². The molecule has 6 nitrogen and oxygen atoms in total. The molecular formula is C11H12N4O2. The van der Waals surface area contributed by atoms with Crippen molar-refractivity contribution in [3.05, 3.63) is 46.3 Å². The van der Waals surface area contributed by atoms with E-state index >= 15 is 0 Å². The third kappa shape index (κ3) is 2.25. The van der Waals surface area contributed by atoms with Crippen molar-refractivity contribution in [2.75, 3.05) is 5.32 Å². The van der Waals surface area contributed by atoms with Gasteiger partial charge in [0, 0.05) is 19.3 Å². The van der Waals surface area contributed by atoms with Crippen LogP contribution in [0.5, 0.6) is 0 Å². The highest BCUT2D eigenvalue weighted by Gasteiger charge is 2.13. The van der Waals surface area contributed by atoms with Gasteiger partial charge in [-0.05, 0) is 13.0 Å². The van der Waals surface area contributed by atoms with Gasteiger partial charge in [0.2, 0.25) is 0 Å². The molecule has 88 valence electrons. The summed E-state index contributed by atoms with van der Waals surface area (Å²) in [6.07, 6.45) is 1.78. The Labute approximate surface area is 98.0 Å². The van der Waals surface area contributed by atoms with E-state index in [4.69, 9.17) is 0 Å². The van der Waals surface area contributed by atoms with Crippen LogP contribution in [0.2, 0.25) is 0 Å². The van der Waals surface area contributed by atoms with Crippen molar-refractivity contribution in [1.29, 1.82) is 0 Å². The molecule has 1 heterocycles. The first-order valence-electron chi connectivity index (χ1n) is 5.08. The largest absolute Gasteiger partial charge is 0.347 e. The van der Waals surface area contributed by atoms with Crippen molar-refractivity contribution in [1.82, 2.24) is 9.78 Å². The number of nitrogens with zero attached hydrogens (tertiary/aromatic N) is 3. The minimum Gasteiger partial charge on any atom is -0.347 e. The van der Waals surface area contributed by atoms with Crippen molar-refractivity contribution in [3.63, 3.8) is 0 Å². The molecule has 6 heteroatoms. The molecule has 1 aromatic heterocycles. The molecule has 0 saturated heterocycles. The normalized spacial score (nSPS) is 10.2. The lowest BCUT2D eigenvalue weighted by atomic mass is 10.2. The lowest BCUT2D eigenvalue weighted by molar-refractivity contribution is -0.383. The van der Waals surface area contributed by atoms with Crippen LogP contribution in [0.1, 0.15) is 5.69 Å². The van der Waals surface area contributed by atoms with E-state index in [-0.39, 0.29) is 5.69 Å². The first-order valence-corrected chi connectivity index (χ1v) is 5.08. The second kappa shape index (κ2) is 4.25. The van der Waals surface area contributed by atoms with Crippen LogP contribution >= 0.6 is 0 Å². The molecule has 0 spiro atoms. The van der Waals surface area contributed by atoms with E-state index in [9.17, 15) is 10.1 Å². The van der Waals surface area contributed by atoms with Gasteiger partial charge < -0.3 is 5.32 Å². The standard InChI is InChI=1S/C11H12N4O2/c1-8-10(7-14(2)13-8)12-9-5-3-4-6-11(9)15(16)17/h3-7,12H,1-2H3. The zero-order valence-electron chi connectivity index (χ0n) is 9.54. The van der Waals surface area contributed by atoms with Crippen molar-refractivity contribution in [3.8, 4) is 0 Å². The Morgan fingerprint density at radius 3 is 2.65 bits per heavy atom. The van der Waals surface area contributed by atoms with E-state index in [1.54, 1.807) is 36.1 Å². The van der Waals surface area contributed by atoms with Crippen LogP contribution in [-0.4, -0.2) is 14.7 Å². The van der Waals surface area contributed by atoms with E-state index < -0.39 is 4.92 Å². The molecule has 1 aromatic carbocycles. The summed E-state index contributed by atoms with van der Waals surface area (Å²) in [5.74, 6) is 0. The number of nitro benzene ring substituents is 1. The quantitative estimate of drug-likeness (QED) is 0.651. The Kier molecular flexibility index (Phi) is 2.78. The Morgan fingerprint density at radius 2 is 2.06 bits per heavy atom. The molecular weight excluding hydrogens is 220 g/mol. The SMILES string of the molecule is Cc1nn(C)cc1Nc1ccccc1[N+](=O)[O-]. The van der Waals surface area contributed by atoms with Crippen LogP contribution < -0.4 is 5.32 Å². The minimum absolute atomic E-state index is 0.0516. The van der Waals surface area contributed by atoms with E-state index in [1.807, 2.05) is 6.92 Å². The monoisotopic (exact) mass is 232 g/mol. The Hall–Kier alpha value is -2.37. The Bertz CT molecular complexity index is 562. The van der Waals surface area contributed by atoms with Gasteiger partial charge in [0.25, 0.3) is 5.69 Å². The number of aryl methyl sites for hydroxylation is 2. The lowest BCUT2D eigenvalue weighted by Crippen LogP contribution is -1.96. The molecule has 0 aliphatic rings. The number of para-hydroxylation sites is 2. The minimum atomic E-state index is -0.409. The predicted molar refractivity (Wildman–Crippen MR) is 64.3 cm³/mol. The summed E-state index contributed by atoms with van der Waals surface area (Å²) in [5.41, 5.74) is 2.08. The van der Waals surface area contributed by atoms with Gasteiger partial charge in [-0.1, -0.05) is 12.1 Å². The average molecular weight is 232 g/mol.